The molecule has 4 nitrogen and oxygen atoms in total. The number of anilines is 1. The van der Waals surface area contributed by atoms with E-state index in [1.807, 2.05) is 0 Å². The summed E-state index contributed by atoms with van der Waals surface area (Å²) in [7, 11) is -3.79. The number of nitrogens with zero attached hydrogens (tertiary/aromatic N) is 1. The van der Waals surface area contributed by atoms with E-state index in [0.717, 1.165) is 0 Å². The molecule has 2 aromatic rings. The van der Waals surface area contributed by atoms with Gasteiger partial charge in [-0.2, -0.15) is 5.26 Å². The number of sulfone groups is 1. The second-order valence-corrected chi connectivity index (χ2v) is 6.73. The van der Waals surface area contributed by atoms with Crippen LogP contribution < -0.4 is 5.73 Å². The van der Waals surface area contributed by atoms with Crippen LogP contribution in [0, 0.1) is 17.1 Å². The summed E-state index contributed by atoms with van der Waals surface area (Å²) in [6.45, 7) is 0. The summed E-state index contributed by atoms with van der Waals surface area (Å²) in [5.74, 6) is -1.39. The summed E-state index contributed by atoms with van der Waals surface area (Å²) in [4.78, 5) is -0.0524. The Morgan fingerprint density at radius 2 is 2.00 bits per heavy atom. The Bertz CT molecular complexity index is 845. The molecule has 0 atom stereocenters. The molecule has 0 aliphatic rings. The van der Waals surface area contributed by atoms with Gasteiger partial charge in [0.25, 0.3) is 0 Å². The van der Waals surface area contributed by atoms with Crippen molar-refractivity contribution in [2.24, 2.45) is 0 Å². The second kappa shape index (κ2) is 5.72. The van der Waals surface area contributed by atoms with Crippen LogP contribution >= 0.6 is 11.6 Å². The summed E-state index contributed by atoms with van der Waals surface area (Å²) in [6.07, 6.45) is 0. The smallest absolute Gasteiger partial charge is 0.182 e. The van der Waals surface area contributed by atoms with Crippen molar-refractivity contribution in [1.82, 2.24) is 0 Å². The van der Waals surface area contributed by atoms with Gasteiger partial charge in [-0.3, -0.25) is 0 Å². The molecule has 0 aliphatic heterocycles. The molecule has 0 saturated heterocycles. The van der Waals surface area contributed by atoms with Crippen molar-refractivity contribution >= 4 is 27.1 Å². The minimum atomic E-state index is -3.79. The van der Waals surface area contributed by atoms with Crippen LogP contribution in [0.15, 0.2) is 41.3 Å². The molecule has 2 N–H and O–H groups in total. The molecular formula is C14H10ClFN2O2S. The maximum absolute atomic E-state index is 13.9. The first-order valence-electron chi connectivity index (χ1n) is 5.80. The van der Waals surface area contributed by atoms with E-state index in [1.165, 1.54) is 36.4 Å². The largest absolute Gasteiger partial charge is 0.398 e. The number of rotatable bonds is 3. The van der Waals surface area contributed by atoms with E-state index in [9.17, 15) is 12.8 Å². The lowest BCUT2D eigenvalue weighted by Gasteiger charge is -2.08. The summed E-state index contributed by atoms with van der Waals surface area (Å²) in [5.41, 5.74) is 5.52. The van der Waals surface area contributed by atoms with E-state index in [1.54, 1.807) is 6.07 Å². The number of halogens is 2. The molecule has 0 fully saturated rings. The molecule has 7 heteroatoms. The van der Waals surface area contributed by atoms with Gasteiger partial charge in [0.2, 0.25) is 0 Å². The fourth-order valence-corrected chi connectivity index (χ4v) is 3.38. The maximum atomic E-state index is 13.9. The van der Waals surface area contributed by atoms with Gasteiger partial charge in [0.1, 0.15) is 11.9 Å². The monoisotopic (exact) mass is 324 g/mol. The van der Waals surface area contributed by atoms with Gasteiger partial charge >= 0.3 is 0 Å². The molecule has 0 amide bonds. The van der Waals surface area contributed by atoms with Crippen LogP contribution in [0.2, 0.25) is 5.02 Å². The highest BCUT2D eigenvalue weighted by Crippen LogP contribution is 2.25. The second-order valence-electron chi connectivity index (χ2n) is 4.33. The van der Waals surface area contributed by atoms with Crippen molar-refractivity contribution < 1.29 is 12.8 Å². The van der Waals surface area contributed by atoms with Gasteiger partial charge in [-0.25, -0.2) is 12.8 Å². The van der Waals surface area contributed by atoms with Crippen molar-refractivity contribution in [2.45, 2.75) is 10.6 Å². The number of nitrogen functional groups attached to an aromatic ring is 1. The fourth-order valence-electron chi connectivity index (χ4n) is 1.77. The van der Waals surface area contributed by atoms with E-state index in [-0.39, 0.29) is 26.7 Å². The van der Waals surface area contributed by atoms with E-state index in [4.69, 9.17) is 22.6 Å². The molecule has 108 valence electrons. The molecule has 0 unspecified atom stereocenters. The fraction of sp³-hybridized carbons (Fsp3) is 0.0714. The molecule has 0 heterocycles. The number of nitrogens with two attached hydrogens (primary N) is 1. The predicted molar refractivity (Wildman–Crippen MR) is 77.9 cm³/mol. The molecule has 0 aliphatic carbocycles. The first-order chi connectivity index (χ1) is 9.85. The van der Waals surface area contributed by atoms with Crippen LogP contribution in [-0.4, -0.2) is 8.42 Å². The quantitative estimate of drug-likeness (QED) is 0.880. The van der Waals surface area contributed by atoms with Gasteiger partial charge in [-0.1, -0.05) is 23.7 Å². The summed E-state index contributed by atoms with van der Waals surface area (Å²) < 4.78 is 38.5. The Balaban J connectivity index is 2.43. The molecule has 2 rings (SSSR count). The van der Waals surface area contributed by atoms with Gasteiger partial charge < -0.3 is 5.73 Å². The van der Waals surface area contributed by atoms with Gasteiger partial charge in [0.15, 0.2) is 9.84 Å². The zero-order chi connectivity index (χ0) is 15.6. The van der Waals surface area contributed by atoms with Gasteiger partial charge in [-0.05, 0) is 24.3 Å². The van der Waals surface area contributed by atoms with Crippen molar-refractivity contribution in [1.29, 1.82) is 5.26 Å². The molecule has 0 radical (unpaired) electrons. The highest BCUT2D eigenvalue weighted by molar-refractivity contribution is 7.90. The average Bonchev–Trinajstić information content (AvgIpc) is 2.44. The van der Waals surface area contributed by atoms with Crippen LogP contribution in [0.5, 0.6) is 0 Å². The summed E-state index contributed by atoms with van der Waals surface area (Å²) >= 11 is 5.80. The van der Waals surface area contributed by atoms with Crippen molar-refractivity contribution in [3.8, 4) is 6.07 Å². The third-order valence-electron chi connectivity index (χ3n) is 2.88. The van der Waals surface area contributed by atoms with Crippen molar-refractivity contribution in [3.05, 3.63) is 58.4 Å². The Labute approximate surface area is 126 Å². The van der Waals surface area contributed by atoms with Crippen molar-refractivity contribution in [2.75, 3.05) is 5.73 Å². The molecule has 21 heavy (non-hydrogen) atoms. The van der Waals surface area contributed by atoms with Crippen LogP contribution in [-0.2, 0) is 15.6 Å². The van der Waals surface area contributed by atoms with Gasteiger partial charge in [-0.15, -0.1) is 0 Å². The number of hydrogen-bond donors (Lipinski definition) is 1. The summed E-state index contributed by atoms with van der Waals surface area (Å²) in [5, 5.41) is 8.87. The minimum absolute atomic E-state index is 0.0524. The zero-order valence-corrected chi connectivity index (χ0v) is 12.2. The topological polar surface area (TPSA) is 84.0 Å². The Morgan fingerprint density at radius 3 is 2.62 bits per heavy atom. The van der Waals surface area contributed by atoms with Gasteiger partial charge in [0.05, 0.1) is 26.9 Å². The molecule has 0 aromatic heterocycles. The predicted octanol–water partition coefficient (Wildman–Crippen LogP) is 2.91. The lowest BCUT2D eigenvalue weighted by Crippen LogP contribution is -2.07. The average molecular weight is 325 g/mol. The normalized spacial score (nSPS) is 11.1. The van der Waals surface area contributed by atoms with E-state index >= 15 is 0 Å². The van der Waals surface area contributed by atoms with Gasteiger partial charge in [0, 0.05) is 5.56 Å². The van der Waals surface area contributed by atoms with Crippen LogP contribution in [0.3, 0.4) is 0 Å². The Kier molecular flexibility index (Phi) is 4.16. The van der Waals surface area contributed by atoms with E-state index < -0.39 is 21.4 Å². The first kappa shape index (κ1) is 15.3. The molecule has 0 spiro atoms. The molecule has 2 aromatic carbocycles. The number of hydrogen-bond acceptors (Lipinski definition) is 4. The standard InChI is InChI=1S/C14H10ClFN2O2S/c15-12-6-11(4-5-13(12)18)21(19,20)8-10-3-1-2-9(7-17)14(10)16/h1-6H,8,18H2. The number of nitriles is 1. The van der Waals surface area contributed by atoms with E-state index in [2.05, 4.69) is 0 Å². The Morgan fingerprint density at radius 1 is 1.29 bits per heavy atom. The van der Waals surface area contributed by atoms with Crippen LogP contribution in [0.25, 0.3) is 0 Å². The molecule has 0 saturated carbocycles. The third kappa shape index (κ3) is 3.15. The highest BCUT2D eigenvalue weighted by atomic mass is 35.5. The lowest BCUT2D eigenvalue weighted by molar-refractivity contribution is 0.586. The van der Waals surface area contributed by atoms with E-state index in [0.29, 0.717) is 0 Å². The Hall–Kier alpha value is -2.10. The summed E-state index contributed by atoms with van der Waals surface area (Å²) in [6, 6.07) is 9.61. The third-order valence-corrected chi connectivity index (χ3v) is 4.87. The number of benzene rings is 2. The molecule has 0 bridgehead atoms. The lowest BCUT2D eigenvalue weighted by atomic mass is 10.1. The van der Waals surface area contributed by atoms with Crippen molar-refractivity contribution in [3.63, 3.8) is 0 Å². The molecular weight excluding hydrogens is 315 g/mol. The zero-order valence-electron chi connectivity index (χ0n) is 10.7. The maximum Gasteiger partial charge on any atom is 0.182 e. The SMILES string of the molecule is N#Cc1cccc(CS(=O)(=O)c2ccc(N)c(Cl)c2)c1F. The highest BCUT2D eigenvalue weighted by Gasteiger charge is 2.19. The van der Waals surface area contributed by atoms with Crippen LogP contribution in [0.1, 0.15) is 11.1 Å². The first-order valence-corrected chi connectivity index (χ1v) is 7.83. The minimum Gasteiger partial charge on any atom is -0.398 e. The van der Waals surface area contributed by atoms with Crippen LogP contribution in [0.4, 0.5) is 10.1 Å².